The predicted molar refractivity (Wildman–Crippen MR) is 132 cm³/mol. The molecule has 0 bridgehead atoms. The normalized spacial score (nSPS) is 19.8. The van der Waals surface area contributed by atoms with E-state index in [-0.39, 0.29) is 17.9 Å². The summed E-state index contributed by atoms with van der Waals surface area (Å²) in [5.41, 5.74) is 5.26. The Labute approximate surface area is 196 Å². The minimum atomic E-state index is 0.126. The van der Waals surface area contributed by atoms with Crippen LogP contribution in [0.25, 0.3) is 10.9 Å². The van der Waals surface area contributed by atoms with E-state index in [0.29, 0.717) is 6.54 Å². The van der Waals surface area contributed by atoms with Crippen LogP contribution in [0.3, 0.4) is 0 Å². The lowest BCUT2D eigenvalue weighted by Gasteiger charge is -2.31. The third kappa shape index (κ3) is 5.31. The van der Waals surface area contributed by atoms with E-state index in [1.807, 2.05) is 0 Å². The number of likely N-dealkylation sites (tertiary alicyclic amines) is 1. The Morgan fingerprint density at radius 1 is 1.03 bits per heavy atom. The maximum Gasteiger partial charge on any atom is 0.223 e. The maximum absolute atomic E-state index is 12.6. The van der Waals surface area contributed by atoms with E-state index in [4.69, 9.17) is 4.74 Å². The van der Waals surface area contributed by atoms with Crippen LogP contribution in [0.2, 0.25) is 0 Å². The van der Waals surface area contributed by atoms with Gasteiger partial charge in [-0.2, -0.15) is 0 Å². The van der Waals surface area contributed by atoms with Crippen molar-refractivity contribution in [2.24, 2.45) is 5.92 Å². The van der Waals surface area contributed by atoms with Crippen LogP contribution in [0.5, 0.6) is 0 Å². The van der Waals surface area contributed by atoms with Gasteiger partial charge in [0.2, 0.25) is 5.91 Å². The minimum Gasteiger partial charge on any atom is -0.376 e. The Bertz CT molecular complexity index is 1090. The molecule has 2 aromatic carbocycles. The second-order valence-corrected chi connectivity index (χ2v) is 9.70. The zero-order valence-electron chi connectivity index (χ0n) is 19.6. The molecule has 1 N–H and O–H groups in total. The molecule has 2 saturated heterocycles. The number of fused-ring (bicyclic) bond motifs is 1. The molecule has 0 unspecified atom stereocenters. The number of aromatic nitrogens is 1. The van der Waals surface area contributed by atoms with Gasteiger partial charge in [-0.15, -0.1) is 0 Å². The third-order valence-corrected chi connectivity index (χ3v) is 7.19. The lowest BCUT2D eigenvalue weighted by Crippen LogP contribution is -2.42. The molecule has 1 atom stereocenters. The lowest BCUT2D eigenvalue weighted by atomic mass is 9.95. The molecule has 3 aromatic rings. The summed E-state index contributed by atoms with van der Waals surface area (Å²) in [7, 11) is 0. The van der Waals surface area contributed by atoms with Crippen LogP contribution in [0.1, 0.15) is 42.5 Å². The van der Waals surface area contributed by atoms with Crippen molar-refractivity contribution in [2.75, 3.05) is 26.2 Å². The number of aryl methyl sites for hydroxylation is 1. The number of piperidine rings is 1. The van der Waals surface area contributed by atoms with E-state index in [0.717, 1.165) is 58.5 Å². The molecule has 1 amide bonds. The smallest absolute Gasteiger partial charge is 0.223 e. The van der Waals surface area contributed by atoms with Crippen molar-refractivity contribution in [3.05, 3.63) is 71.4 Å². The topological polar surface area (TPSA) is 46.5 Å². The molecule has 5 heteroatoms. The first-order valence-electron chi connectivity index (χ1n) is 12.4. The molecule has 2 fully saturated rings. The lowest BCUT2D eigenvalue weighted by molar-refractivity contribution is -0.127. The summed E-state index contributed by atoms with van der Waals surface area (Å²) in [5, 5.41) is 4.43. The van der Waals surface area contributed by atoms with Gasteiger partial charge >= 0.3 is 0 Å². The number of hydrogen-bond donors (Lipinski definition) is 1. The number of carbonyl (C=O) groups excluding carboxylic acids is 1. The van der Waals surface area contributed by atoms with Gasteiger partial charge in [-0.1, -0.05) is 48.0 Å². The number of para-hydroxylation sites is 1. The zero-order valence-corrected chi connectivity index (χ0v) is 19.6. The fourth-order valence-corrected chi connectivity index (χ4v) is 5.32. The molecule has 174 valence electrons. The van der Waals surface area contributed by atoms with Crippen LogP contribution in [-0.2, 0) is 22.6 Å². The van der Waals surface area contributed by atoms with E-state index < -0.39 is 0 Å². The molecule has 0 spiro atoms. The average molecular weight is 446 g/mol. The second-order valence-electron chi connectivity index (χ2n) is 9.70. The summed E-state index contributed by atoms with van der Waals surface area (Å²) < 4.78 is 8.10. The molecule has 5 nitrogen and oxygen atoms in total. The summed E-state index contributed by atoms with van der Waals surface area (Å²) in [6.45, 7) is 7.38. The summed E-state index contributed by atoms with van der Waals surface area (Å²) in [4.78, 5) is 15.1. The Balaban J connectivity index is 1.23. The van der Waals surface area contributed by atoms with Crippen LogP contribution in [0.15, 0.2) is 54.6 Å². The molecule has 3 heterocycles. The summed E-state index contributed by atoms with van der Waals surface area (Å²) in [6.07, 6.45) is 4.24. The second kappa shape index (κ2) is 10.1. The van der Waals surface area contributed by atoms with Gasteiger partial charge in [-0.05, 0) is 68.8 Å². The highest BCUT2D eigenvalue weighted by atomic mass is 16.5. The van der Waals surface area contributed by atoms with Crippen molar-refractivity contribution in [3.63, 3.8) is 0 Å². The molecule has 0 radical (unpaired) electrons. The number of ether oxygens (including phenoxy) is 1. The molecular weight excluding hydrogens is 410 g/mol. The highest BCUT2D eigenvalue weighted by molar-refractivity contribution is 5.81. The largest absolute Gasteiger partial charge is 0.376 e. The van der Waals surface area contributed by atoms with Crippen LogP contribution in [0, 0.1) is 12.8 Å². The Hall–Kier alpha value is -2.63. The Kier molecular flexibility index (Phi) is 6.79. The molecule has 2 aliphatic heterocycles. The van der Waals surface area contributed by atoms with Crippen molar-refractivity contribution < 1.29 is 9.53 Å². The molecule has 5 rings (SSSR count). The predicted octanol–water partition coefficient (Wildman–Crippen LogP) is 4.51. The first-order valence-corrected chi connectivity index (χ1v) is 12.4. The number of amides is 1. The van der Waals surface area contributed by atoms with Crippen molar-refractivity contribution in [1.82, 2.24) is 14.8 Å². The van der Waals surface area contributed by atoms with Crippen molar-refractivity contribution in [2.45, 2.75) is 51.8 Å². The van der Waals surface area contributed by atoms with Gasteiger partial charge in [0.1, 0.15) is 0 Å². The van der Waals surface area contributed by atoms with Crippen molar-refractivity contribution in [1.29, 1.82) is 0 Å². The maximum atomic E-state index is 12.6. The first kappa shape index (κ1) is 22.2. The van der Waals surface area contributed by atoms with E-state index in [2.05, 4.69) is 76.3 Å². The van der Waals surface area contributed by atoms with E-state index in [1.165, 1.54) is 27.7 Å². The van der Waals surface area contributed by atoms with Crippen LogP contribution < -0.4 is 5.32 Å². The molecule has 33 heavy (non-hydrogen) atoms. The van der Waals surface area contributed by atoms with Crippen LogP contribution in [-0.4, -0.2) is 47.7 Å². The zero-order chi connectivity index (χ0) is 22.6. The standard InChI is InChI=1S/C28H35N3O2/c1-21-6-4-7-22(16-21)19-31-25(17-24-8-2-3-10-27(24)31)20-30-13-11-23(12-14-30)28(32)29-18-26-9-5-15-33-26/h2-4,6-8,10,16-17,23,26H,5,9,11-15,18-20H2,1H3,(H,29,32)/t26-/m0/s1. The van der Waals surface area contributed by atoms with E-state index in [9.17, 15) is 4.79 Å². The van der Waals surface area contributed by atoms with E-state index in [1.54, 1.807) is 0 Å². The van der Waals surface area contributed by atoms with Crippen molar-refractivity contribution in [3.8, 4) is 0 Å². The molecule has 0 aliphatic carbocycles. The van der Waals surface area contributed by atoms with Crippen LogP contribution >= 0.6 is 0 Å². The molecule has 2 aliphatic rings. The van der Waals surface area contributed by atoms with Gasteiger partial charge in [0.15, 0.2) is 0 Å². The molecular formula is C28H35N3O2. The number of benzene rings is 2. The number of nitrogens with one attached hydrogen (secondary N) is 1. The van der Waals surface area contributed by atoms with Gasteiger partial charge in [0.25, 0.3) is 0 Å². The summed E-state index contributed by atoms with van der Waals surface area (Å²) in [6, 6.07) is 19.8. The van der Waals surface area contributed by atoms with Crippen molar-refractivity contribution >= 4 is 16.8 Å². The quantitative estimate of drug-likeness (QED) is 0.582. The number of rotatable bonds is 7. The number of hydrogen-bond acceptors (Lipinski definition) is 3. The van der Waals surface area contributed by atoms with Gasteiger partial charge < -0.3 is 14.6 Å². The average Bonchev–Trinajstić information content (AvgIpc) is 3.46. The van der Waals surface area contributed by atoms with Gasteiger partial charge in [0.05, 0.1) is 6.10 Å². The fraction of sp³-hybridized carbons (Fsp3) is 0.464. The molecule has 0 saturated carbocycles. The van der Waals surface area contributed by atoms with Gasteiger partial charge in [-0.3, -0.25) is 9.69 Å². The van der Waals surface area contributed by atoms with Gasteiger partial charge in [0, 0.05) is 43.4 Å². The Morgan fingerprint density at radius 2 is 1.88 bits per heavy atom. The third-order valence-electron chi connectivity index (χ3n) is 7.19. The van der Waals surface area contributed by atoms with Crippen LogP contribution in [0.4, 0.5) is 0 Å². The summed E-state index contributed by atoms with van der Waals surface area (Å²) in [5.74, 6) is 0.333. The fourth-order valence-electron chi connectivity index (χ4n) is 5.32. The number of nitrogens with zero attached hydrogens (tertiary/aromatic N) is 2. The highest BCUT2D eigenvalue weighted by Gasteiger charge is 2.26. The summed E-state index contributed by atoms with van der Waals surface area (Å²) >= 11 is 0. The SMILES string of the molecule is Cc1cccc(Cn2c(CN3CCC(C(=O)NC[C@@H]4CCCO4)CC3)cc3ccccc32)c1. The van der Waals surface area contributed by atoms with E-state index >= 15 is 0 Å². The minimum absolute atomic E-state index is 0.126. The van der Waals surface area contributed by atoms with Gasteiger partial charge in [-0.25, -0.2) is 0 Å². The number of carbonyl (C=O) groups is 1. The first-order chi connectivity index (χ1) is 16.2. The molecule has 1 aromatic heterocycles. The highest BCUT2D eigenvalue weighted by Crippen LogP contribution is 2.25. The Morgan fingerprint density at radius 3 is 2.67 bits per heavy atom. The monoisotopic (exact) mass is 445 g/mol.